The van der Waals surface area contributed by atoms with Crippen LogP contribution in [0.15, 0.2) is 22.7 Å². The fourth-order valence-corrected chi connectivity index (χ4v) is 2.65. The zero-order valence-electron chi connectivity index (χ0n) is 11.6. The van der Waals surface area contributed by atoms with Crippen LogP contribution in [0.1, 0.15) is 26.7 Å². The Balaban J connectivity index is 2.46. The molecular weight excluding hydrogens is 346 g/mol. The lowest BCUT2D eigenvalue weighted by Crippen LogP contribution is -2.50. The van der Waals surface area contributed by atoms with E-state index in [0.29, 0.717) is 30.3 Å². The summed E-state index contributed by atoms with van der Waals surface area (Å²) in [6.07, 6.45) is 1.38. The Hall–Kier alpha value is -0.780. The molecule has 0 saturated heterocycles. The number of hydrogen-bond donors (Lipinski definition) is 2. The van der Waals surface area contributed by atoms with E-state index in [1.54, 1.807) is 25.1 Å². The molecule has 0 aliphatic heterocycles. The molecule has 1 aromatic carbocycles. The fourth-order valence-electron chi connectivity index (χ4n) is 1.85. The number of ether oxygens (including phenoxy) is 1. The van der Waals surface area contributed by atoms with E-state index in [9.17, 15) is 9.90 Å². The number of carboxylic acid groups (broad SMARTS) is 1. The molecule has 1 rings (SSSR count). The first-order chi connectivity index (χ1) is 9.39. The molecule has 4 nitrogen and oxygen atoms in total. The molecule has 0 spiro atoms. The smallest absolute Gasteiger partial charge is 0.323 e. The lowest BCUT2D eigenvalue weighted by Gasteiger charge is -2.25. The van der Waals surface area contributed by atoms with Crippen LogP contribution in [-0.2, 0) is 4.79 Å². The molecule has 0 bridgehead atoms. The van der Waals surface area contributed by atoms with Crippen LogP contribution >= 0.6 is 27.5 Å². The fraction of sp³-hybridized carbons (Fsp3) is 0.500. The highest BCUT2D eigenvalue weighted by atomic mass is 79.9. The van der Waals surface area contributed by atoms with Crippen LogP contribution in [0.25, 0.3) is 0 Å². The second-order valence-electron chi connectivity index (χ2n) is 4.74. The molecule has 112 valence electrons. The lowest BCUT2D eigenvalue weighted by molar-refractivity contribution is -0.144. The van der Waals surface area contributed by atoms with E-state index in [4.69, 9.17) is 16.3 Å². The predicted octanol–water partition coefficient (Wildman–Crippen LogP) is 3.71. The zero-order chi connectivity index (χ0) is 15.2. The average molecular weight is 365 g/mol. The summed E-state index contributed by atoms with van der Waals surface area (Å²) < 4.78 is 6.36. The average Bonchev–Trinajstić information content (AvgIpc) is 2.37. The quantitative estimate of drug-likeness (QED) is 0.690. The molecule has 0 radical (unpaired) electrons. The predicted molar refractivity (Wildman–Crippen MR) is 83.6 cm³/mol. The van der Waals surface area contributed by atoms with Gasteiger partial charge < -0.3 is 9.84 Å². The molecule has 0 aromatic heterocycles. The van der Waals surface area contributed by atoms with Gasteiger partial charge in [-0.05, 0) is 47.5 Å². The summed E-state index contributed by atoms with van der Waals surface area (Å²) in [5, 5.41) is 12.9. The van der Waals surface area contributed by atoms with Crippen molar-refractivity contribution >= 4 is 33.5 Å². The summed E-state index contributed by atoms with van der Waals surface area (Å²) in [4.78, 5) is 11.2. The van der Waals surface area contributed by atoms with Crippen molar-refractivity contribution in [3.63, 3.8) is 0 Å². The van der Waals surface area contributed by atoms with Crippen LogP contribution in [0.5, 0.6) is 5.75 Å². The highest BCUT2D eigenvalue weighted by molar-refractivity contribution is 9.10. The molecule has 0 amide bonds. The van der Waals surface area contributed by atoms with Gasteiger partial charge in [0, 0.05) is 11.6 Å². The van der Waals surface area contributed by atoms with Crippen LogP contribution in [0.4, 0.5) is 0 Å². The van der Waals surface area contributed by atoms with Crippen molar-refractivity contribution in [1.29, 1.82) is 0 Å². The van der Waals surface area contributed by atoms with Gasteiger partial charge in [0.05, 0.1) is 4.47 Å². The van der Waals surface area contributed by atoms with Crippen LogP contribution in [0.3, 0.4) is 0 Å². The van der Waals surface area contributed by atoms with Gasteiger partial charge in [-0.2, -0.15) is 0 Å². The maximum atomic E-state index is 11.2. The Bertz CT molecular complexity index is 470. The molecule has 0 heterocycles. The zero-order valence-corrected chi connectivity index (χ0v) is 13.9. The number of halogens is 2. The maximum Gasteiger partial charge on any atom is 0.323 e. The highest BCUT2D eigenvalue weighted by Gasteiger charge is 2.31. The summed E-state index contributed by atoms with van der Waals surface area (Å²) in [7, 11) is 0. The minimum Gasteiger partial charge on any atom is -0.491 e. The SMILES string of the molecule is CCCC(C)(NCCOc1ccc(Cl)cc1Br)C(=O)O. The van der Waals surface area contributed by atoms with Gasteiger partial charge in [-0.15, -0.1) is 0 Å². The number of rotatable bonds is 8. The second-order valence-corrected chi connectivity index (χ2v) is 6.03. The van der Waals surface area contributed by atoms with Crippen molar-refractivity contribution in [3.05, 3.63) is 27.7 Å². The van der Waals surface area contributed by atoms with Gasteiger partial charge in [0.1, 0.15) is 17.9 Å². The Labute approximate surface area is 132 Å². The van der Waals surface area contributed by atoms with Crippen LogP contribution in [-0.4, -0.2) is 29.8 Å². The molecular formula is C14H19BrClNO3. The monoisotopic (exact) mass is 363 g/mol. The Morgan fingerprint density at radius 3 is 2.80 bits per heavy atom. The summed E-state index contributed by atoms with van der Waals surface area (Å²) in [5.41, 5.74) is -0.907. The van der Waals surface area contributed by atoms with E-state index in [1.807, 2.05) is 6.92 Å². The van der Waals surface area contributed by atoms with Crippen LogP contribution in [0, 0.1) is 0 Å². The minimum atomic E-state index is -0.907. The van der Waals surface area contributed by atoms with Crippen molar-refractivity contribution < 1.29 is 14.6 Å². The molecule has 0 saturated carbocycles. The molecule has 1 atom stereocenters. The number of benzene rings is 1. The number of carboxylic acids is 1. The van der Waals surface area contributed by atoms with E-state index in [2.05, 4.69) is 21.2 Å². The summed E-state index contributed by atoms with van der Waals surface area (Å²) in [6, 6.07) is 5.27. The van der Waals surface area contributed by atoms with Gasteiger partial charge in [-0.1, -0.05) is 24.9 Å². The van der Waals surface area contributed by atoms with E-state index in [0.717, 1.165) is 10.9 Å². The first kappa shape index (κ1) is 17.3. The van der Waals surface area contributed by atoms with Gasteiger partial charge in [-0.25, -0.2) is 0 Å². The third-order valence-electron chi connectivity index (χ3n) is 2.99. The van der Waals surface area contributed by atoms with E-state index in [-0.39, 0.29) is 0 Å². The number of carbonyl (C=O) groups is 1. The highest BCUT2D eigenvalue weighted by Crippen LogP contribution is 2.27. The molecule has 0 aliphatic carbocycles. The van der Waals surface area contributed by atoms with Crippen LogP contribution in [0.2, 0.25) is 5.02 Å². The van der Waals surface area contributed by atoms with Gasteiger partial charge in [0.15, 0.2) is 0 Å². The van der Waals surface area contributed by atoms with Crippen molar-refractivity contribution in [2.24, 2.45) is 0 Å². The molecule has 1 unspecified atom stereocenters. The minimum absolute atomic E-state index is 0.382. The van der Waals surface area contributed by atoms with Crippen molar-refractivity contribution in [2.45, 2.75) is 32.2 Å². The van der Waals surface area contributed by atoms with Crippen molar-refractivity contribution in [1.82, 2.24) is 5.32 Å². The number of nitrogens with one attached hydrogen (secondary N) is 1. The largest absolute Gasteiger partial charge is 0.491 e. The van der Waals surface area contributed by atoms with Gasteiger partial charge in [0.25, 0.3) is 0 Å². The Morgan fingerprint density at radius 1 is 1.55 bits per heavy atom. The molecule has 1 aromatic rings. The molecule has 2 N–H and O–H groups in total. The first-order valence-electron chi connectivity index (χ1n) is 6.45. The Morgan fingerprint density at radius 2 is 2.25 bits per heavy atom. The van der Waals surface area contributed by atoms with Gasteiger partial charge in [-0.3, -0.25) is 10.1 Å². The maximum absolute atomic E-state index is 11.2. The van der Waals surface area contributed by atoms with E-state index < -0.39 is 11.5 Å². The lowest BCUT2D eigenvalue weighted by atomic mass is 9.96. The number of hydrogen-bond acceptors (Lipinski definition) is 3. The second kappa shape index (κ2) is 7.86. The van der Waals surface area contributed by atoms with Gasteiger partial charge >= 0.3 is 5.97 Å². The van der Waals surface area contributed by atoms with Crippen molar-refractivity contribution in [2.75, 3.05) is 13.2 Å². The Kier molecular flexibility index (Phi) is 6.79. The van der Waals surface area contributed by atoms with Gasteiger partial charge in [0.2, 0.25) is 0 Å². The summed E-state index contributed by atoms with van der Waals surface area (Å²) in [6.45, 7) is 4.49. The molecule has 0 fully saturated rings. The molecule has 0 aliphatic rings. The normalized spacial score (nSPS) is 13.8. The van der Waals surface area contributed by atoms with Crippen LogP contribution < -0.4 is 10.1 Å². The third-order valence-corrected chi connectivity index (χ3v) is 3.85. The molecule has 6 heteroatoms. The standard InChI is InChI=1S/C14H19BrClNO3/c1-3-6-14(2,13(18)19)17-7-8-20-12-5-4-10(16)9-11(12)15/h4-5,9,17H,3,6-8H2,1-2H3,(H,18,19). The van der Waals surface area contributed by atoms with Crippen molar-refractivity contribution in [3.8, 4) is 5.75 Å². The number of aliphatic carboxylic acids is 1. The summed E-state index contributed by atoms with van der Waals surface area (Å²) in [5.74, 6) is -0.157. The third kappa shape index (κ3) is 4.96. The summed E-state index contributed by atoms with van der Waals surface area (Å²) >= 11 is 9.21. The molecule has 20 heavy (non-hydrogen) atoms. The van der Waals surface area contributed by atoms with E-state index in [1.165, 1.54) is 0 Å². The first-order valence-corrected chi connectivity index (χ1v) is 7.62. The van der Waals surface area contributed by atoms with E-state index >= 15 is 0 Å². The topological polar surface area (TPSA) is 58.6 Å².